The molecule has 0 saturated carbocycles. The molecule has 1 heterocycles. The van der Waals surface area contributed by atoms with Crippen molar-refractivity contribution in [3.8, 4) is 11.5 Å². The third kappa shape index (κ3) is 1.79. The zero-order chi connectivity index (χ0) is 13.4. The number of phenols is 2. The van der Waals surface area contributed by atoms with E-state index in [0.717, 1.165) is 5.69 Å². The molecule has 0 atom stereocenters. The fraction of sp³-hybridized carbons (Fsp3) is 0. The van der Waals surface area contributed by atoms with Crippen molar-refractivity contribution >= 4 is 23.0 Å². The number of hydrogen-bond donors (Lipinski definition) is 3. The van der Waals surface area contributed by atoms with Gasteiger partial charge in [-0.25, -0.2) is 0 Å². The van der Waals surface area contributed by atoms with Crippen molar-refractivity contribution in [2.75, 3.05) is 5.32 Å². The van der Waals surface area contributed by atoms with Crippen LogP contribution in [0.1, 0.15) is 10.4 Å². The summed E-state index contributed by atoms with van der Waals surface area (Å²) in [5.74, 6) is -1.15. The SMILES string of the molecule is O=C1N=Nc2c(O)cc(Nc3ccccc3)c(O)c21. The summed E-state index contributed by atoms with van der Waals surface area (Å²) in [6, 6.07) is 10.4. The van der Waals surface area contributed by atoms with Gasteiger partial charge in [0.2, 0.25) is 0 Å². The first kappa shape index (κ1) is 11.2. The van der Waals surface area contributed by atoms with Crippen LogP contribution in [-0.2, 0) is 0 Å². The van der Waals surface area contributed by atoms with Gasteiger partial charge in [-0.15, -0.1) is 10.2 Å². The summed E-state index contributed by atoms with van der Waals surface area (Å²) in [5, 5.41) is 29.6. The molecule has 19 heavy (non-hydrogen) atoms. The van der Waals surface area contributed by atoms with Gasteiger partial charge in [0, 0.05) is 11.8 Å². The van der Waals surface area contributed by atoms with Crippen LogP contribution in [0.15, 0.2) is 46.6 Å². The zero-order valence-corrected chi connectivity index (χ0v) is 9.66. The Balaban J connectivity index is 2.07. The number of benzene rings is 2. The van der Waals surface area contributed by atoms with Crippen LogP contribution >= 0.6 is 0 Å². The molecule has 0 fully saturated rings. The summed E-state index contributed by atoms with van der Waals surface area (Å²) < 4.78 is 0. The van der Waals surface area contributed by atoms with Gasteiger partial charge in [0.1, 0.15) is 17.0 Å². The maximum Gasteiger partial charge on any atom is 0.301 e. The summed E-state index contributed by atoms with van der Waals surface area (Å²) in [6.07, 6.45) is 0. The zero-order valence-electron chi connectivity index (χ0n) is 9.66. The number of nitrogens with one attached hydrogen (secondary N) is 1. The number of azo groups is 1. The van der Waals surface area contributed by atoms with E-state index < -0.39 is 5.91 Å². The van der Waals surface area contributed by atoms with Crippen molar-refractivity contribution in [3.63, 3.8) is 0 Å². The van der Waals surface area contributed by atoms with E-state index in [4.69, 9.17) is 0 Å². The lowest BCUT2D eigenvalue weighted by Gasteiger charge is -2.11. The summed E-state index contributed by atoms with van der Waals surface area (Å²) in [7, 11) is 0. The second kappa shape index (κ2) is 4.09. The Hall–Kier alpha value is -2.89. The monoisotopic (exact) mass is 255 g/mol. The Labute approximate surface area is 108 Å². The topological polar surface area (TPSA) is 94.3 Å². The molecule has 6 nitrogen and oxygen atoms in total. The molecule has 1 aliphatic rings. The maximum atomic E-state index is 11.5. The number of amides is 1. The molecule has 0 radical (unpaired) electrons. The van der Waals surface area contributed by atoms with Crippen LogP contribution in [0.25, 0.3) is 0 Å². The predicted molar refractivity (Wildman–Crippen MR) is 68.3 cm³/mol. The molecule has 0 bridgehead atoms. The summed E-state index contributed by atoms with van der Waals surface area (Å²) in [6.45, 7) is 0. The number of rotatable bonds is 2. The summed E-state index contributed by atoms with van der Waals surface area (Å²) in [5.41, 5.74) is 0.860. The molecule has 1 aliphatic heterocycles. The lowest BCUT2D eigenvalue weighted by Crippen LogP contribution is -1.96. The van der Waals surface area contributed by atoms with Crippen molar-refractivity contribution in [2.45, 2.75) is 0 Å². The summed E-state index contributed by atoms with van der Waals surface area (Å²) in [4.78, 5) is 11.5. The van der Waals surface area contributed by atoms with Crippen LogP contribution in [0.5, 0.6) is 11.5 Å². The quantitative estimate of drug-likeness (QED) is 0.567. The van der Waals surface area contributed by atoms with Crippen LogP contribution < -0.4 is 5.32 Å². The van der Waals surface area contributed by atoms with Gasteiger partial charge < -0.3 is 15.5 Å². The van der Waals surface area contributed by atoms with Gasteiger partial charge in [0.25, 0.3) is 0 Å². The average Bonchev–Trinajstić information content (AvgIpc) is 2.80. The van der Waals surface area contributed by atoms with E-state index in [9.17, 15) is 15.0 Å². The first-order chi connectivity index (χ1) is 9.16. The lowest BCUT2D eigenvalue weighted by atomic mass is 10.1. The first-order valence-electron chi connectivity index (χ1n) is 5.54. The number of para-hydroxylation sites is 1. The Morgan fingerprint density at radius 2 is 1.79 bits per heavy atom. The lowest BCUT2D eigenvalue weighted by molar-refractivity contribution is 0.1000. The smallest absolute Gasteiger partial charge is 0.301 e. The fourth-order valence-electron chi connectivity index (χ4n) is 1.87. The van der Waals surface area contributed by atoms with Crippen molar-refractivity contribution < 1.29 is 15.0 Å². The molecule has 0 saturated heterocycles. The molecule has 0 aromatic heterocycles. The van der Waals surface area contributed by atoms with Crippen molar-refractivity contribution in [2.24, 2.45) is 10.2 Å². The first-order valence-corrected chi connectivity index (χ1v) is 5.54. The fourth-order valence-corrected chi connectivity index (χ4v) is 1.87. The highest BCUT2D eigenvalue weighted by Crippen LogP contribution is 2.46. The normalized spacial score (nSPS) is 12.5. The molecule has 2 aromatic carbocycles. The van der Waals surface area contributed by atoms with E-state index in [-0.39, 0.29) is 28.4 Å². The van der Waals surface area contributed by atoms with E-state index in [0.29, 0.717) is 0 Å². The van der Waals surface area contributed by atoms with Gasteiger partial charge in [-0.2, -0.15) is 0 Å². The van der Waals surface area contributed by atoms with E-state index in [2.05, 4.69) is 15.5 Å². The van der Waals surface area contributed by atoms with Gasteiger partial charge >= 0.3 is 5.91 Å². The molecule has 0 aliphatic carbocycles. The molecule has 94 valence electrons. The van der Waals surface area contributed by atoms with Gasteiger partial charge in [-0.05, 0) is 12.1 Å². The maximum absolute atomic E-state index is 11.5. The van der Waals surface area contributed by atoms with E-state index in [1.54, 1.807) is 12.1 Å². The Morgan fingerprint density at radius 3 is 2.53 bits per heavy atom. The molecule has 3 N–H and O–H groups in total. The average molecular weight is 255 g/mol. The highest BCUT2D eigenvalue weighted by atomic mass is 16.3. The Morgan fingerprint density at radius 1 is 1.05 bits per heavy atom. The molecule has 0 spiro atoms. The second-order valence-corrected chi connectivity index (χ2v) is 4.01. The third-order valence-electron chi connectivity index (χ3n) is 2.76. The van der Waals surface area contributed by atoms with Crippen LogP contribution in [0.4, 0.5) is 17.1 Å². The van der Waals surface area contributed by atoms with E-state index in [1.807, 2.05) is 18.2 Å². The van der Waals surface area contributed by atoms with Gasteiger partial charge in [0.05, 0.1) is 5.69 Å². The highest BCUT2D eigenvalue weighted by Gasteiger charge is 2.27. The number of carbonyl (C=O) groups excluding carboxylic acids is 1. The standard InChI is InChI=1S/C13H9N3O3/c17-9-6-8(14-7-4-2-1-3-5-7)12(18)10-11(9)15-16-13(10)19/h1-6,14,17-18H. The minimum absolute atomic E-state index is 0.00103. The molecular formula is C13H9N3O3. The molecule has 3 rings (SSSR count). The minimum Gasteiger partial charge on any atom is -0.506 e. The van der Waals surface area contributed by atoms with Crippen molar-refractivity contribution in [1.29, 1.82) is 0 Å². The molecule has 6 heteroatoms. The van der Waals surface area contributed by atoms with E-state index >= 15 is 0 Å². The number of aromatic hydroxyl groups is 2. The van der Waals surface area contributed by atoms with Crippen molar-refractivity contribution in [3.05, 3.63) is 42.0 Å². The Kier molecular flexibility index (Phi) is 2.42. The Bertz CT molecular complexity index is 696. The molecular weight excluding hydrogens is 246 g/mol. The van der Waals surface area contributed by atoms with Crippen LogP contribution in [-0.4, -0.2) is 16.1 Å². The van der Waals surface area contributed by atoms with Gasteiger partial charge in [-0.1, -0.05) is 18.2 Å². The summed E-state index contributed by atoms with van der Waals surface area (Å²) >= 11 is 0. The predicted octanol–water partition coefficient (Wildman–Crippen LogP) is 3.08. The second-order valence-electron chi connectivity index (χ2n) is 4.01. The third-order valence-corrected chi connectivity index (χ3v) is 2.76. The molecule has 2 aromatic rings. The molecule has 1 amide bonds. The van der Waals surface area contributed by atoms with Gasteiger partial charge in [0.15, 0.2) is 5.75 Å². The number of fused-ring (bicyclic) bond motifs is 1. The van der Waals surface area contributed by atoms with E-state index in [1.165, 1.54) is 6.07 Å². The van der Waals surface area contributed by atoms with Gasteiger partial charge in [-0.3, -0.25) is 4.79 Å². The molecule has 0 unspecified atom stereocenters. The van der Waals surface area contributed by atoms with Crippen LogP contribution in [0, 0.1) is 0 Å². The highest BCUT2D eigenvalue weighted by molar-refractivity contribution is 6.07. The number of carbonyl (C=O) groups is 1. The minimum atomic E-state index is -0.667. The van der Waals surface area contributed by atoms with Crippen LogP contribution in [0.3, 0.4) is 0 Å². The number of nitrogens with zero attached hydrogens (tertiary/aromatic N) is 2. The van der Waals surface area contributed by atoms with Crippen LogP contribution in [0.2, 0.25) is 0 Å². The number of hydrogen-bond acceptors (Lipinski definition) is 5. The largest absolute Gasteiger partial charge is 0.506 e. The number of phenolic OH excluding ortho intramolecular Hbond substituents is 2. The number of anilines is 2. The van der Waals surface area contributed by atoms with Crippen molar-refractivity contribution in [1.82, 2.24) is 0 Å².